The van der Waals surface area contributed by atoms with Crippen LogP contribution in [0.15, 0.2) is 45.3 Å². The van der Waals surface area contributed by atoms with Gasteiger partial charge in [-0.15, -0.1) is 0 Å². The first-order valence-electron chi connectivity index (χ1n) is 14.1. The number of carbonyl (C=O) groups excluding carboxylic acids is 2. The summed E-state index contributed by atoms with van der Waals surface area (Å²) in [6.07, 6.45) is -6.03. The van der Waals surface area contributed by atoms with Crippen molar-refractivity contribution >= 4 is 38.3 Å². The topological polar surface area (TPSA) is 125 Å². The maximum Gasteiger partial charge on any atom is 0.421 e. The quantitative estimate of drug-likeness (QED) is 0.0830. The predicted molar refractivity (Wildman–Crippen MR) is 159 cm³/mol. The molecule has 46 heavy (non-hydrogen) atoms. The van der Waals surface area contributed by atoms with Crippen molar-refractivity contribution in [1.29, 1.82) is 0 Å². The molecule has 252 valence electrons. The maximum absolute atomic E-state index is 14.0. The molecule has 0 aliphatic carbocycles. The largest absolute Gasteiger partial charge is 0.421 e. The number of nitrogens with zero attached hydrogens (tertiary/aromatic N) is 7. The number of ether oxygens (including phenoxy) is 1. The number of piperazine rings is 1. The van der Waals surface area contributed by atoms with E-state index in [1.165, 1.54) is 12.9 Å². The monoisotopic (exact) mass is 676 g/mol. The van der Waals surface area contributed by atoms with Crippen LogP contribution in [-0.4, -0.2) is 111 Å². The Morgan fingerprint density at radius 3 is 2.28 bits per heavy atom. The third-order valence-corrected chi connectivity index (χ3v) is 8.33. The molecular weight excluding hydrogens is 642 g/mol. The SMILES string of the molecule is C[C@@H](CO/N=C/C(=C=O)N1CCN(c2ncc(C(F)(F)F)cn2)CC1)NC1=C(C(F)(F)F)C(=C=O)N(COCC[Si](C)(C)C)N=C1. The number of anilines is 1. The molecule has 0 bridgehead atoms. The zero-order valence-electron chi connectivity index (χ0n) is 25.6. The molecule has 1 atom stereocenters. The van der Waals surface area contributed by atoms with Crippen LogP contribution in [0.1, 0.15) is 12.5 Å². The molecule has 2 aliphatic heterocycles. The first kappa shape index (κ1) is 36.3. The lowest BCUT2D eigenvalue weighted by atomic mass is 10.1. The Labute approximate surface area is 262 Å². The van der Waals surface area contributed by atoms with E-state index in [0.29, 0.717) is 32.1 Å². The highest BCUT2D eigenvalue weighted by atomic mass is 28.3. The summed E-state index contributed by atoms with van der Waals surface area (Å²) in [5.41, 5.74) is -3.47. The lowest BCUT2D eigenvalue weighted by Gasteiger charge is -2.35. The highest BCUT2D eigenvalue weighted by molar-refractivity contribution is 6.76. The zero-order chi connectivity index (χ0) is 34.1. The highest BCUT2D eigenvalue weighted by Crippen LogP contribution is 2.35. The van der Waals surface area contributed by atoms with Crippen LogP contribution in [0, 0.1) is 0 Å². The summed E-state index contributed by atoms with van der Waals surface area (Å²) in [5, 5.41) is 11.1. The van der Waals surface area contributed by atoms with Gasteiger partial charge in [-0.2, -0.15) is 31.4 Å². The van der Waals surface area contributed by atoms with E-state index in [-0.39, 0.29) is 38.1 Å². The van der Waals surface area contributed by atoms with Crippen LogP contribution < -0.4 is 10.2 Å². The molecule has 1 N–H and O–H groups in total. The predicted octanol–water partition coefficient (Wildman–Crippen LogP) is 3.46. The molecule has 0 aromatic carbocycles. The van der Waals surface area contributed by atoms with E-state index in [4.69, 9.17) is 9.57 Å². The normalized spacial score (nSPS) is 16.9. The minimum absolute atomic E-state index is 0.0306. The minimum atomic E-state index is -4.91. The van der Waals surface area contributed by atoms with Crippen LogP contribution >= 0.6 is 0 Å². The van der Waals surface area contributed by atoms with Crippen molar-refractivity contribution in [3.8, 4) is 0 Å². The number of rotatable bonds is 13. The molecule has 1 saturated heterocycles. The number of oxime groups is 1. The van der Waals surface area contributed by atoms with Gasteiger partial charge in [-0.05, 0) is 13.0 Å². The fourth-order valence-electron chi connectivity index (χ4n) is 4.13. The van der Waals surface area contributed by atoms with E-state index in [0.717, 1.165) is 23.5 Å². The summed E-state index contributed by atoms with van der Waals surface area (Å²) in [7, 11) is -1.44. The Bertz CT molecular complexity index is 1390. The minimum Gasteiger partial charge on any atom is -0.394 e. The second kappa shape index (κ2) is 15.4. The molecule has 0 saturated carbocycles. The van der Waals surface area contributed by atoms with Gasteiger partial charge in [-0.3, -0.25) is 0 Å². The average molecular weight is 677 g/mol. The molecule has 3 rings (SSSR count). The van der Waals surface area contributed by atoms with Gasteiger partial charge in [0.1, 0.15) is 30.8 Å². The van der Waals surface area contributed by atoms with Gasteiger partial charge >= 0.3 is 12.4 Å². The fourth-order valence-corrected chi connectivity index (χ4v) is 4.89. The van der Waals surface area contributed by atoms with Gasteiger partial charge in [0.15, 0.2) is 17.6 Å². The van der Waals surface area contributed by atoms with Gasteiger partial charge < -0.3 is 24.7 Å². The molecule has 1 fully saturated rings. The Hall–Kier alpha value is -4.18. The number of alkyl halides is 6. The third kappa shape index (κ3) is 10.4. The molecule has 3 heterocycles. The average Bonchev–Trinajstić information content (AvgIpc) is 2.98. The second-order valence-electron chi connectivity index (χ2n) is 11.5. The lowest BCUT2D eigenvalue weighted by Crippen LogP contribution is -2.46. The van der Waals surface area contributed by atoms with Crippen LogP contribution in [0.4, 0.5) is 32.3 Å². The molecular formula is C27H34F6N8O4Si. The number of hydrazone groups is 1. The van der Waals surface area contributed by atoms with Crippen LogP contribution in [0.25, 0.3) is 0 Å². The maximum atomic E-state index is 14.0. The van der Waals surface area contributed by atoms with Crippen molar-refractivity contribution < 1.29 is 45.5 Å². The van der Waals surface area contributed by atoms with Crippen molar-refractivity contribution in [3.05, 3.63) is 40.6 Å². The summed E-state index contributed by atoms with van der Waals surface area (Å²) >= 11 is 0. The van der Waals surface area contributed by atoms with Gasteiger partial charge in [0.05, 0.1) is 23.5 Å². The van der Waals surface area contributed by atoms with Gasteiger partial charge in [-0.1, -0.05) is 24.8 Å². The van der Waals surface area contributed by atoms with Gasteiger partial charge in [0, 0.05) is 53.3 Å². The van der Waals surface area contributed by atoms with Crippen molar-refractivity contribution in [3.63, 3.8) is 0 Å². The first-order chi connectivity index (χ1) is 21.5. The number of aromatic nitrogens is 2. The summed E-state index contributed by atoms with van der Waals surface area (Å²) < 4.78 is 85.8. The number of halogens is 6. The molecule has 2 aliphatic rings. The Kier molecular flexibility index (Phi) is 12.2. The van der Waals surface area contributed by atoms with Gasteiger partial charge in [0.2, 0.25) is 5.95 Å². The molecule has 19 heteroatoms. The second-order valence-corrected chi connectivity index (χ2v) is 17.2. The first-order valence-corrected chi connectivity index (χ1v) is 17.8. The Morgan fingerprint density at radius 1 is 1.09 bits per heavy atom. The Balaban J connectivity index is 1.53. The van der Waals surface area contributed by atoms with E-state index < -0.39 is 49.0 Å². The van der Waals surface area contributed by atoms with E-state index in [1.807, 2.05) is 0 Å². The Morgan fingerprint density at radius 2 is 1.74 bits per heavy atom. The smallest absolute Gasteiger partial charge is 0.394 e. The number of hydrogen-bond acceptors (Lipinski definition) is 12. The van der Waals surface area contributed by atoms with E-state index in [1.54, 1.807) is 15.7 Å². The molecule has 12 nitrogen and oxygen atoms in total. The summed E-state index contributed by atoms with van der Waals surface area (Å²) in [4.78, 5) is 39.1. The molecule has 1 aromatic heterocycles. The molecule has 0 unspecified atom stereocenters. The van der Waals surface area contributed by atoms with Crippen LogP contribution in [0.3, 0.4) is 0 Å². The van der Waals surface area contributed by atoms with Crippen LogP contribution in [0.2, 0.25) is 25.7 Å². The zero-order valence-corrected chi connectivity index (χ0v) is 26.6. The summed E-state index contributed by atoms with van der Waals surface area (Å²) in [6.45, 7) is 8.76. The third-order valence-electron chi connectivity index (χ3n) is 6.63. The fraction of sp³-hybridized carbons (Fsp3) is 0.556. The lowest BCUT2D eigenvalue weighted by molar-refractivity contribution is -0.138. The summed E-state index contributed by atoms with van der Waals surface area (Å²) in [6, 6.07) is 0.0287. The molecule has 0 spiro atoms. The van der Waals surface area contributed by atoms with E-state index in [2.05, 4.69) is 45.2 Å². The molecule has 1 aromatic rings. The molecule has 0 amide bonds. The van der Waals surface area contributed by atoms with Gasteiger partial charge in [-0.25, -0.2) is 24.6 Å². The van der Waals surface area contributed by atoms with Crippen LogP contribution in [0.5, 0.6) is 0 Å². The van der Waals surface area contributed by atoms with Crippen LogP contribution in [-0.2, 0) is 25.3 Å². The van der Waals surface area contributed by atoms with Crippen molar-refractivity contribution in [2.24, 2.45) is 10.3 Å². The summed E-state index contributed by atoms with van der Waals surface area (Å²) in [5.74, 6) is 3.19. The number of allylic oxidation sites excluding steroid dienone is 3. The number of nitrogens with one attached hydrogen (secondary N) is 1. The van der Waals surface area contributed by atoms with Crippen molar-refractivity contribution in [2.75, 3.05) is 51.0 Å². The van der Waals surface area contributed by atoms with E-state index >= 15 is 0 Å². The molecule has 0 radical (unpaired) electrons. The van der Waals surface area contributed by atoms with E-state index in [9.17, 15) is 35.9 Å². The van der Waals surface area contributed by atoms with Crippen molar-refractivity contribution in [1.82, 2.24) is 25.2 Å². The van der Waals surface area contributed by atoms with Crippen molar-refractivity contribution in [2.45, 2.75) is 51.0 Å². The standard InChI is InChI=1S/C27H34F6N8O4Si/c1-19(38-22-14-36-41(18-44-9-10-46(2,3)4)23(16-43)24(22)27(31,32)33)17-45-37-13-21(15-42)39-5-7-40(8-6-39)25-34-11-20(12-35-25)26(28,29)30/h11-14,19,38H,5-10,17-18H2,1-4H3/b37-13+/t19-/m0/s1. The van der Waals surface area contributed by atoms with Gasteiger partial charge in [0.25, 0.3) is 0 Å². The highest BCUT2D eigenvalue weighted by Gasteiger charge is 2.43. The number of hydrogen-bond donors (Lipinski definition) is 1.